The van der Waals surface area contributed by atoms with Crippen LogP contribution in [-0.2, 0) is 4.74 Å². The molecule has 0 bridgehead atoms. The van der Waals surface area contributed by atoms with Crippen LogP contribution in [0.2, 0.25) is 0 Å². The van der Waals surface area contributed by atoms with Gasteiger partial charge in [-0.15, -0.1) is 0 Å². The fraction of sp³-hybridized carbons (Fsp3) is 0.235. The predicted octanol–water partition coefficient (Wildman–Crippen LogP) is 2.59. The maximum absolute atomic E-state index is 12.3. The lowest BCUT2D eigenvalue weighted by atomic mass is 10.1. The molecule has 3 rings (SSSR count). The van der Waals surface area contributed by atoms with Gasteiger partial charge in [0.2, 0.25) is 0 Å². The van der Waals surface area contributed by atoms with Crippen LogP contribution in [0.5, 0.6) is 0 Å². The maximum Gasteiger partial charge on any atom is 0.294 e. The van der Waals surface area contributed by atoms with E-state index in [2.05, 4.69) is 5.32 Å². The molecule has 2 aromatic rings. The molecule has 0 aromatic heterocycles. The van der Waals surface area contributed by atoms with Crippen LogP contribution < -0.4 is 10.2 Å². The Hall–Kier alpha value is -3.53. The van der Waals surface area contributed by atoms with E-state index >= 15 is 0 Å². The summed E-state index contributed by atoms with van der Waals surface area (Å²) >= 11 is 0. The highest BCUT2D eigenvalue weighted by atomic mass is 16.6. The zero-order valence-corrected chi connectivity index (χ0v) is 14.2. The number of benzene rings is 2. The van der Waals surface area contributed by atoms with E-state index in [4.69, 9.17) is 4.74 Å². The van der Waals surface area contributed by atoms with Crippen LogP contribution in [0, 0.1) is 20.2 Å². The number of non-ortho nitro benzene ring substituents is 1. The first-order valence-electron chi connectivity index (χ1n) is 8.12. The minimum Gasteiger partial charge on any atom is -0.378 e. The summed E-state index contributed by atoms with van der Waals surface area (Å²) in [6.07, 6.45) is 0. The molecule has 1 aliphatic heterocycles. The molecule has 140 valence electrons. The third-order valence-corrected chi connectivity index (χ3v) is 4.10. The number of anilines is 2. The Morgan fingerprint density at radius 3 is 2.44 bits per heavy atom. The van der Waals surface area contributed by atoms with Crippen molar-refractivity contribution in [3.63, 3.8) is 0 Å². The van der Waals surface area contributed by atoms with Gasteiger partial charge in [0.15, 0.2) is 0 Å². The van der Waals surface area contributed by atoms with Crippen LogP contribution in [0.25, 0.3) is 0 Å². The van der Waals surface area contributed by atoms with E-state index in [1.54, 1.807) is 12.1 Å². The SMILES string of the molecule is O=C(Nc1ccc(N2CCOCC2)c([N+](=O)[O-])c1)c1cccc([N+](=O)[O-])c1. The Balaban J connectivity index is 1.83. The third kappa shape index (κ3) is 4.18. The molecule has 27 heavy (non-hydrogen) atoms. The summed E-state index contributed by atoms with van der Waals surface area (Å²) in [6, 6.07) is 9.67. The topological polar surface area (TPSA) is 128 Å². The van der Waals surface area contributed by atoms with Gasteiger partial charge >= 0.3 is 0 Å². The highest BCUT2D eigenvalue weighted by Gasteiger charge is 2.22. The van der Waals surface area contributed by atoms with E-state index < -0.39 is 15.8 Å². The average Bonchev–Trinajstić information content (AvgIpc) is 2.68. The van der Waals surface area contributed by atoms with Crippen LogP contribution in [0.1, 0.15) is 10.4 Å². The first-order valence-corrected chi connectivity index (χ1v) is 8.12. The average molecular weight is 372 g/mol. The second-order valence-corrected chi connectivity index (χ2v) is 5.82. The van der Waals surface area contributed by atoms with Gasteiger partial charge in [0.05, 0.1) is 23.1 Å². The molecule has 1 heterocycles. The minimum absolute atomic E-state index is 0.0871. The number of hydrogen-bond donors (Lipinski definition) is 1. The van der Waals surface area contributed by atoms with Crippen molar-refractivity contribution in [1.82, 2.24) is 0 Å². The molecular formula is C17H16N4O6. The van der Waals surface area contributed by atoms with Gasteiger partial charge in [0.25, 0.3) is 17.3 Å². The van der Waals surface area contributed by atoms with Crippen molar-refractivity contribution in [1.29, 1.82) is 0 Å². The number of hydrogen-bond acceptors (Lipinski definition) is 7. The van der Waals surface area contributed by atoms with Crippen LogP contribution in [0.15, 0.2) is 42.5 Å². The first kappa shape index (κ1) is 18.3. The van der Waals surface area contributed by atoms with Crippen LogP contribution in [-0.4, -0.2) is 42.1 Å². The number of nitrogens with zero attached hydrogens (tertiary/aromatic N) is 3. The van der Waals surface area contributed by atoms with Crippen molar-refractivity contribution in [2.75, 3.05) is 36.5 Å². The molecule has 0 aliphatic carbocycles. The number of nitro groups is 2. The molecule has 1 N–H and O–H groups in total. The molecule has 1 aliphatic rings. The zero-order valence-electron chi connectivity index (χ0n) is 14.2. The van der Waals surface area contributed by atoms with Crippen molar-refractivity contribution in [3.8, 4) is 0 Å². The van der Waals surface area contributed by atoms with Gasteiger partial charge in [0, 0.05) is 42.5 Å². The number of nitro benzene ring substituents is 2. The molecule has 1 fully saturated rings. The van der Waals surface area contributed by atoms with Gasteiger partial charge in [0.1, 0.15) is 5.69 Å². The van der Waals surface area contributed by atoms with Gasteiger partial charge in [-0.1, -0.05) is 6.07 Å². The van der Waals surface area contributed by atoms with E-state index in [9.17, 15) is 25.0 Å². The molecule has 1 saturated heterocycles. The molecule has 0 saturated carbocycles. The van der Waals surface area contributed by atoms with E-state index in [1.165, 1.54) is 24.3 Å². The van der Waals surface area contributed by atoms with Crippen LogP contribution in [0.3, 0.4) is 0 Å². The summed E-state index contributed by atoms with van der Waals surface area (Å²) in [5.41, 5.74) is 0.431. The summed E-state index contributed by atoms with van der Waals surface area (Å²) in [5, 5.41) is 24.8. The normalized spacial score (nSPS) is 13.9. The molecule has 10 heteroatoms. The third-order valence-electron chi connectivity index (χ3n) is 4.10. The van der Waals surface area contributed by atoms with E-state index in [-0.39, 0.29) is 22.6 Å². The zero-order chi connectivity index (χ0) is 19.4. The van der Waals surface area contributed by atoms with Crippen LogP contribution in [0.4, 0.5) is 22.7 Å². The second kappa shape index (κ2) is 7.79. The maximum atomic E-state index is 12.3. The fourth-order valence-corrected chi connectivity index (χ4v) is 2.78. The Labute approximate surface area is 153 Å². The van der Waals surface area contributed by atoms with Gasteiger partial charge < -0.3 is 15.0 Å². The quantitative estimate of drug-likeness (QED) is 0.631. The van der Waals surface area contributed by atoms with Gasteiger partial charge in [-0.25, -0.2) is 0 Å². The number of carbonyl (C=O) groups is 1. The smallest absolute Gasteiger partial charge is 0.294 e. The number of nitrogens with one attached hydrogen (secondary N) is 1. The summed E-state index contributed by atoms with van der Waals surface area (Å²) in [6.45, 7) is 2.06. The largest absolute Gasteiger partial charge is 0.378 e. The molecular weight excluding hydrogens is 356 g/mol. The minimum atomic E-state index is -0.598. The monoisotopic (exact) mass is 372 g/mol. The molecule has 1 amide bonds. The molecule has 0 atom stereocenters. The summed E-state index contributed by atoms with van der Waals surface area (Å²) in [5.74, 6) is -0.591. The van der Waals surface area contributed by atoms with Crippen molar-refractivity contribution in [2.45, 2.75) is 0 Å². The van der Waals surface area contributed by atoms with Crippen molar-refractivity contribution in [2.24, 2.45) is 0 Å². The van der Waals surface area contributed by atoms with Crippen LogP contribution >= 0.6 is 0 Å². The standard InChI is InChI=1S/C17H16N4O6/c22-17(12-2-1-3-14(10-12)20(23)24)18-13-4-5-15(16(11-13)21(25)26)19-6-8-27-9-7-19/h1-5,10-11H,6-9H2,(H,18,22). The Morgan fingerprint density at radius 2 is 1.78 bits per heavy atom. The highest BCUT2D eigenvalue weighted by molar-refractivity contribution is 6.05. The number of rotatable bonds is 5. The summed E-state index contributed by atoms with van der Waals surface area (Å²) in [7, 11) is 0. The summed E-state index contributed by atoms with van der Waals surface area (Å²) in [4.78, 5) is 35.4. The number of carbonyl (C=O) groups excluding carboxylic acids is 1. The molecule has 10 nitrogen and oxygen atoms in total. The lowest BCUT2D eigenvalue weighted by molar-refractivity contribution is -0.384. The number of amides is 1. The predicted molar refractivity (Wildman–Crippen MR) is 97.2 cm³/mol. The van der Waals surface area contributed by atoms with E-state index in [0.717, 1.165) is 6.07 Å². The Morgan fingerprint density at radius 1 is 1.04 bits per heavy atom. The van der Waals surface area contributed by atoms with E-state index in [1.807, 2.05) is 4.90 Å². The summed E-state index contributed by atoms with van der Waals surface area (Å²) < 4.78 is 5.26. The fourth-order valence-electron chi connectivity index (χ4n) is 2.78. The van der Waals surface area contributed by atoms with Gasteiger partial charge in [-0.2, -0.15) is 0 Å². The van der Waals surface area contributed by atoms with Crippen molar-refractivity contribution >= 4 is 28.7 Å². The Kier molecular flexibility index (Phi) is 5.27. The van der Waals surface area contributed by atoms with Crippen molar-refractivity contribution in [3.05, 3.63) is 68.3 Å². The first-order chi connectivity index (χ1) is 13.0. The van der Waals surface area contributed by atoms with Crippen molar-refractivity contribution < 1.29 is 19.4 Å². The second-order valence-electron chi connectivity index (χ2n) is 5.82. The van der Waals surface area contributed by atoms with E-state index in [0.29, 0.717) is 32.0 Å². The molecule has 0 unspecified atom stereocenters. The lowest BCUT2D eigenvalue weighted by Crippen LogP contribution is -2.36. The van der Waals surface area contributed by atoms with Gasteiger partial charge in [-0.3, -0.25) is 25.0 Å². The highest BCUT2D eigenvalue weighted by Crippen LogP contribution is 2.32. The lowest BCUT2D eigenvalue weighted by Gasteiger charge is -2.28. The van der Waals surface area contributed by atoms with Gasteiger partial charge in [-0.05, 0) is 18.2 Å². The number of ether oxygens (including phenoxy) is 1. The molecule has 2 aromatic carbocycles. The molecule has 0 radical (unpaired) electrons. The number of morpholine rings is 1. The Bertz CT molecular complexity index is 895. The molecule has 0 spiro atoms.